The van der Waals surface area contributed by atoms with Crippen LogP contribution in [0.5, 0.6) is 0 Å². The third kappa shape index (κ3) is 2.92. The van der Waals surface area contributed by atoms with Crippen molar-refractivity contribution < 1.29 is 13.7 Å². The Labute approximate surface area is 126 Å². The number of halogens is 1. The summed E-state index contributed by atoms with van der Waals surface area (Å²) in [5.74, 6) is 0.343. The maximum absolute atomic E-state index is 14.2. The van der Waals surface area contributed by atoms with Crippen molar-refractivity contribution in [2.75, 3.05) is 18.0 Å². The third-order valence-electron chi connectivity index (χ3n) is 4.47. The normalized spacial score (nSPS) is 19.9. The standard InChI is InChI=1S/C15H24BFN2O2/c1-7-19(8-2)13-9-11(12(17)10-18-13)16-20-14(3,4)15(5,6)21-16/h9-10H,7-8H2,1-6H3. The quantitative estimate of drug-likeness (QED) is 0.799. The molecular formula is C15H24BFN2O2. The van der Waals surface area contributed by atoms with E-state index in [-0.39, 0.29) is 0 Å². The smallest absolute Gasteiger partial charge is 0.399 e. The average Bonchev–Trinajstić information content (AvgIpc) is 2.61. The van der Waals surface area contributed by atoms with Gasteiger partial charge in [-0.05, 0) is 47.6 Å². The van der Waals surface area contributed by atoms with Crippen molar-refractivity contribution in [1.82, 2.24) is 4.98 Å². The molecule has 6 heteroatoms. The zero-order valence-electron chi connectivity index (χ0n) is 13.7. The second kappa shape index (κ2) is 5.57. The van der Waals surface area contributed by atoms with Crippen LogP contribution >= 0.6 is 0 Å². The van der Waals surface area contributed by atoms with E-state index < -0.39 is 24.1 Å². The highest BCUT2D eigenvalue weighted by atomic mass is 19.1. The minimum Gasteiger partial charge on any atom is -0.399 e. The molecule has 21 heavy (non-hydrogen) atoms. The van der Waals surface area contributed by atoms with Crippen LogP contribution in [0.1, 0.15) is 41.5 Å². The van der Waals surface area contributed by atoms with Crippen LogP contribution in [0.25, 0.3) is 0 Å². The van der Waals surface area contributed by atoms with Gasteiger partial charge in [-0.2, -0.15) is 0 Å². The lowest BCUT2D eigenvalue weighted by Crippen LogP contribution is -2.41. The Hall–Kier alpha value is -1.14. The molecule has 4 nitrogen and oxygen atoms in total. The second-order valence-electron chi connectivity index (χ2n) is 6.32. The summed E-state index contributed by atoms with van der Waals surface area (Å²) in [5.41, 5.74) is -0.559. The van der Waals surface area contributed by atoms with E-state index in [1.165, 1.54) is 6.20 Å². The molecule has 0 spiro atoms. The maximum Gasteiger partial charge on any atom is 0.498 e. The Bertz CT molecular complexity index is 502. The van der Waals surface area contributed by atoms with E-state index >= 15 is 0 Å². The van der Waals surface area contributed by atoms with Crippen LogP contribution in [-0.2, 0) is 9.31 Å². The van der Waals surface area contributed by atoms with Crippen molar-refractivity contribution in [3.8, 4) is 0 Å². The van der Waals surface area contributed by atoms with E-state index in [0.717, 1.165) is 18.9 Å². The molecule has 2 heterocycles. The van der Waals surface area contributed by atoms with Crippen LogP contribution in [0.3, 0.4) is 0 Å². The van der Waals surface area contributed by atoms with Gasteiger partial charge in [0.2, 0.25) is 0 Å². The Balaban J connectivity index is 2.35. The molecule has 0 amide bonds. The molecule has 0 N–H and O–H groups in total. The van der Waals surface area contributed by atoms with Gasteiger partial charge in [0.15, 0.2) is 0 Å². The number of rotatable bonds is 4. The fraction of sp³-hybridized carbons (Fsp3) is 0.667. The molecule has 0 aliphatic carbocycles. The minimum absolute atomic E-state index is 0.399. The van der Waals surface area contributed by atoms with Crippen LogP contribution < -0.4 is 10.4 Å². The minimum atomic E-state index is -0.702. The number of aromatic nitrogens is 1. The van der Waals surface area contributed by atoms with Gasteiger partial charge < -0.3 is 14.2 Å². The summed E-state index contributed by atoms with van der Waals surface area (Å²) in [6.45, 7) is 13.5. The van der Waals surface area contributed by atoms with Crippen molar-refractivity contribution in [2.24, 2.45) is 0 Å². The Morgan fingerprint density at radius 1 is 1.14 bits per heavy atom. The molecule has 0 aromatic carbocycles. The molecule has 0 atom stereocenters. The summed E-state index contributed by atoms with van der Waals surface area (Å²) in [6, 6.07) is 1.73. The van der Waals surface area contributed by atoms with Gasteiger partial charge in [-0.25, -0.2) is 9.37 Å². The monoisotopic (exact) mass is 294 g/mol. The molecule has 1 aliphatic rings. The van der Waals surface area contributed by atoms with Gasteiger partial charge in [0, 0.05) is 18.6 Å². The number of hydrogen-bond acceptors (Lipinski definition) is 4. The lowest BCUT2D eigenvalue weighted by molar-refractivity contribution is 0.00578. The summed E-state index contributed by atoms with van der Waals surface area (Å²) < 4.78 is 26.0. The van der Waals surface area contributed by atoms with Gasteiger partial charge in [0.25, 0.3) is 0 Å². The lowest BCUT2D eigenvalue weighted by atomic mass is 9.79. The van der Waals surface area contributed by atoms with Crippen molar-refractivity contribution in [3.63, 3.8) is 0 Å². The first-order valence-electron chi connectivity index (χ1n) is 7.48. The van der Waals surface area contributed by atoms with Crippen molar-refractivity contribution in [3.05, 3.63) is 18.1 Å². The van der Waals surface area contributed by atoms with Crippen LogP contribution in [-0.4, -0.2) is 36.4 Å². The van der Waals surface area contributed by atoms with Gasteiger partial charge in [0.05, 0.1) is 17.4 Å². The molecule has 0 bridgehead atoms. The molecule has 0 radical (unpaired) electrons. The third-order valence-corrected chi connectivity index (χ3v) is 4.47. The number of hydrogen-bond donors (Lipinski definition) is 0. The van der Waals surface area contributed by atoms with E-state index in [1.54, 1.807) is 6.07 Å². The molecule has 116 valence electrons. The van der Waals surface area contributed by atoms with Gasteiger partial charge in [-0.1, -0.05) is 0 Å². The topological polar surface area (TPSA) is 34.6 Å². The first kappa shape index (κ1) is 16.2. The maximum atomic E-state index is 14.2. The summed E-state index contributed by atoms with van der Waals surface area (Å²) in [7, 11) is -0.702. The summed E-state index contributed by atoms with van der Waals surface area (Å²) >= 11 is 0. The number of pyridine rings is 1. The molecule has 1 aliphatic heterocycles. The van der Waals surface area contributed by atoms with E-state index in [9.17, 15) is 4.39 Å². The molecule has 0 saturated carbocycles. The van der Waals surface area contributed by atoms with Crippen molar-refractivity contribution in [1.29, 1.82) is 0 Å². The molecule has 1 aromatic rings. The number of anilines is 1. The summed E-state index contributed by atoms with van der Waals surface area (Å²) in [5, 5.41) is 0. The van der Waals surface area contributed by atoms with Crippen LogP contribution in [0.4, 0.5) is 10.2 Å². The molecule has 2 rings (SSSR count). The van der Waals surface area contributed by atoms with E-state index in [1.807, 2.05) is 41.5 Å². The summed E-state index contributed by atoms with van der Waals surface area (Å²) in [4.78, 5) is 6.23. The van der Waals surface area contributed by atoms with E-state index in [2.05, 4.69) is 9.88 Å². The molecule has 1 aromatic heterocycles. The summed E-state index contributed by atoms with van der Waals surface area (Å²) in [6.07, 6.45) is 1.24. The van der Waals surface area contributed by atoms with Crippen LogP contribution in [0.15, 0.2) is 12.3 Å². The predicted octanol–water partition coefficient (Wildman–Crippen LogP) is 2.37. The Kier molecular flexibility index (Phi) is 4.31. The zero-order chi connectivity index (χ0) is 15.8. The fourth-order valence-corrected chi connectivity index (χ4v) is 2.31. The Morgan fingerprint density at radius 3 is 2.14 bits per heavy atom. The zero-order valence-corrected chi connectivity index (χ0v) is 13.7. The molecule has 1 saturated heterocycles. The van der Waals surface area contributed by atoms with Crippen LogP contribution in [0.2, 0.25) is 0 Å². The number of nitrogens with zero attached hydrogens (tertiary/aromatic N) is 2. The molecular weight excluding hydrogens is 270 g/mol. The highest BCUT2D eigenvalue weighted by Crippen LogP contribution is 2.36. The second-order valence-corrected chi connectivity index (χ2v) is 6.32. The van der Waals surface area contributed by atoms with E-state index in [0.29, 0.717) is 5.46 Å². The molecule has 0 unspecified atom stereocenters. The van der Waals surface area contributed by atoms with Crippen molar-refractivity contribution in [2.45, 2.75) is 52.7 Å². The van der Waals surface area contributed by atoms with Crippen molar-refractivity contribution >= 4 is 18.4 Å². The highest BCUT2D eigenvalue weighted by molar-refractivity contribution is 6.62. The largest absolute Gasteiger partial charge is 0.498 e. The molecule has 1 fully saturated rings. The van der Waals surface area contributed by atoms with Gasteiger partial charge in [0.1, 0.15) is 11.6 Å². The first-order valence-corrected chi connectivity index (χ1v) is 7.48. The highest BCUT2D eigenvalue weighted by Gasteiger charge is 2.52. The predicted molar refractivity (Wildman–Crippen MR) is 83.5 cm³/mol. The fourth-order valence-electron chi connectivity index (χ4n) is 2.31. The lowest BCUT2D eigenvalue weighted by Gasteiger charge is -2.32. The average molecular weight is 294 g/mol. The van der Waals surface area contributed by atoms with Crippen LogP contribution in [0, 0.1) is 5.82 Å². The van der Waals surface area contributed by atoms with Gasteiger partial charge >= 0.3 is 7.12 Å². The van der Waals surface area contributed by atoms with Gasteiger partial charge in [-0.15, -0.1) is 0 Å². The Morgan fingerprint density at radius 2 is 1.67 bits per heavy atom. The van der Waals surface area contributed by atoms with Gasteiger partial charge in [-0.3, -0.25) is 0 Å². The first-order chi connectivity index (χ1) is 9.71. The SMILES string of the molecule is CCN(CC)c1cc(B2OC(C)(C)C(C)(C)O2)c(F)cn1. The van der Waals surface area contributed by atoms with E-state index in [4.69, 9.17) is 9.31 Å².